The lowest BCUT2D eigenvalue weighted by atomic mass is 9.81. The fourth-order valence-electron chi connectivity index (χ4n) is 6.05. The first-order valence-corrected chi connectivity index (χ1v) is 15.3. The molecule has 1 saturated carbocycles. The monoisotopic (exact) mass is 530 g/mol. The second-order valence-corrected chi connectivity index (χ2v) is 12.8. The molecule has 38 heavy (non-hydrogen) atoms. The second kappa shape index (κ2) is 11.8. The Morgan fingerprint density at radius 1 is 0.868 bits per heavy atom. The summed E-state index contributed by atoms with van der Waals surface area (Å²) in [5.74, 6) is 0.342. The summed E-state index contributed by atoms with van der Waals surface area (Å²) in [4.78, 5) is 13.2. The lowest BCUT2D eigenvalue weighted by Crippen LogP contribution is -2.41. The van der Waals surface area contributed by atoms with Crippen LogP contribution in [0.3, 0.4) is 0 Å². The van der Waals surface area contributed by atoms with E-state index < -0.39 is 10.0 Å². The summed E-state index contributed by atoms with van der Waals surface area (Å²) in [6, 6.07) is 25.2. The minimum absolute atomic E-state index is 0.00807. The molecule has 2 aliphatic carbocycles. The van der Waals surface area contributed by atoms with Crippen LogP contribution in [0.25, 0.3) is 0 Å². The summed E-state index contributed by atoms with van der Waals surface area (Å²) in [6.45, 7) is 3.09. The number of benzene rings is 3. The van der Waals surface area contributed by atoms with Crippen molar-refractivity contribution in [2.75, 3.05) is 6.54 Å². The fourth-order valence-corrected chi connectivity index (χ4v) is 7.78. The number of nitrogens with one attached hydrogen (secondary N) is 1. The van der Waals surface area contributed by atoms with Gasteiger partial charge in [0, 0.05) is 19.0 Å². The summed E-state index contributed by atoms with van der Waals surface area (Å²) >= 11 is 0. The van der Waals surface area contributed by atoms with Gasteiger partial charge in [-0.1, -0.05) is 72.3 Å². The van der Waals surface area contributed by atoms with Crippen LogP contribution in [0.1, 0.15) is 66.8 Å². The highest BCUT2D eigenvalue weighted by molar-refractivity contribution is 7.89. The van der Waals surface area contributed by atoms with Crippen LogP contribution >= 0.6 is 0 Å². The number of hydrogen-bond acceptors (Lipinski definition) is 3. The maximum atomic E-state index is 14.0. The summed E-state index contributed by atoms with van der Waals surface area (Å²) in [5, 5.41) is 3.11. The number of rotatable bonds is 8. The molecule has 0 aliphatic heterocycles. The number of sulfonamides is 1. The Kier molecular flexibility index (Phi) is 8.29. The smallest absolute Gasteiger partial charge is 0.243 e. The van der Waals surface area contributed by atoms with E-state index in [0.717, 1.165) is 56.1 Å². The molecule has 3 aromatic rings. The maximum absolute atomic E-state index is 14.0. The molecule has 0 spiro atoms. The molecule has 5 nitrogen and oxygen atoms in total. The molecule has 1 amide bonds. The Bertz CT molecular complexity index is 1330. The SMILES string of the molecule is Cc1ccc(CNC(=O)C2CCC(CN([C@@H]3CCCc4ccccc43)S(=O)(=O)c3ccccc3)CC2)cc1. The number of nitrogens with zero attached hydrogens (tertiary/aromatic N) is 1. The Hall–Kier alpha value is -2.96. The molecule has 6 heteroatoms. The van der Waals surface area contributed by atoms with Gasteiger partial charge in [-0.2, -0.15) is 4.31 Å². The van der Waals surface area contributed by atoms with Gasteiger partial charge >= 0.3 is 0 Å². The van der Waals surface area contributed by atoms with E-state index in [-0.39, 0.29) is 23.8 Å². The van der Waals surface area contributed by atoms with Gasteiger partial charge in [0.05, 0.1) is 10.9 Å². The van der Waals surface area contributed by atoms with Gasteiger partial charge in [0.25, 0.3) is 0 Å². The van der Waals surface area contributed by atoms with E-state index in [9.17, 15) is 13.2 Å². The molecular formula is C32H38N2O3S. The topological polar surface area (TPSA) is 66.5 Å². The summed E-state index contributed by atoms with van der Waals surface area (Å²) in [7, 11) is -3.66. The van der Waals surface area contributed by atoms with Crippen LogP contribution in [-0.4, -0.2) is 25.2 Å². The van der Waals surface area contributed by atoms with Gasteiger partial charge in [-0.05, 0) is 86.6 Å². The average molecular weight is 531 g/mol. The Morgan fingerprint density at radius 3 is 2.29 bits per heavy atom. The predicted molar refractivity (Wildman–Crippen MR) is 151 cm³/mol. The highest BCUT2D eigenvalue weighted by Gasteiger charge is 2.37. The van der Waals surface area contributed by atoms with Crippen molar-refractivity contribution in [1.82, 2.24) is 9.62 Å². The van der Waals surface area contributed by atoms with Crippen molar-refractivity contribution in [2.45, 2.75) is 69.4 Å². The van der Waals surface area contributed by atoms with Gasteiger partial charge in [0.15, 0.2) is 0 Å². The Morgan fingerprint density at radius 2 is 1.55 bits per heavy atom. The third kappa shape index (κ3) is 6.02. The fraction of sp³-hybridized carbons (Fsp3) is 0.406. The van der Waals surface area contributed by atoms with E-state index in [0.29, 0.717) is 18.0 Å². The van der Waals surface area contributed by atoms with Crippen LogP contribution in [0.15, 0.2) is 83.8 Å². The molecular weight excluding hydrogens is 492 g/mol. The average Bonchev–Trinajstić information content (AvgIpc) is 2.96. The van der Waals surface area contributed by atoms with Crippen LogP contribution in [0, 0.1) is 18.8 Å². The van der Waals surface area contributed by atoms with E-state index >= 15 is 0 Å². The molecule has 0 saturated heterocycles. The third-order valence-corrected chi connectivity index (χ3v) is 10.2. The lowest BCUT2D eigenvalue weighted by Gasteiger charge is -2.38. The highest BCUT2D eigenvalue weighted by Crippen LogP contribution is 2.40. The van der Waals surface area contributed by atoms with Crippen molar-refractivity contribution in [3.63, 3.8) is 0 Å². The summed E-state index contributed by atoms with van der Waals surface area (Å²) < 4.78 is 29.8. The van der Waals surface area contributed by atoms with Gasteiger partial charge < -0.3 is 5.32 Å². The van der Waals surface area contributed by atoms with Crippen molar-refractivity contribution in [1.29, 1.82) is 0 Å². The largest absolute Gasteiger partial charge is 0.352 e. The number of amides is 1. The molecule has 1 fully saturated rings. The Labute approximate surface area is 227 Å². The van der Waals surface area contributed by atoms with Gasteiger partial charge in [0.2, 0.25) is 15.9 Å². The molecule has 0 bridgehead atoms. The zero-order chi connectivity index (χ0) is 26.5. The third-order valence-electron chi connectivity index (χ3n) is 8.28. The van der Waals surface area contributed by atoms with Crippen LogP contribution < -0.4 is 5.32 Å². The maximum Gasteiger partial charge on any atom is 0.243 e. The first-order valence-electron chi connectivity index (χ1n) is 13.9. The van der Waals surface area contributed by atoms with Crippen molar-refractivity contribution in [3.8, 4) is 0 Å². The molecule has 0 aromatic heterocycles. The Balaban J connectivity index is 1.28. The van der Waals surface area contributed by atoms with E-state index in [1.165, 1.54) is 11.1 Å². The van der Waals surface area contributed by atoms with Crippen molar-refractivity contribution >= 4 is 15.9 Å². The predicted octanol–water partition coefficient (Wildman–Crippen LogP) is 6.19. The second-order valence-electron chi connectivity index (χ2n) is 10.9. The number of carbonyl (C=O) groups is 1. The zero-order valence-corrected chi connectivity index (χ0v) is 23.0. The molecule has 0 unspecified atom stereocenters. The van der Waals surface area contributed by atoms with E-state index in [1.54, 1.807) is 28.6 Å². The number of hydrogen-bond donors (Lipinski definition) is 1. The quantitative estimate of drug-likeness (QED) is 0.378. The molecule has 1 N–H and O–H groups in total. The zero-order valence-electron chi connectivity index (χ0n) is 22.2. The molecule has 1 atom stereocenters. The van der Waals surface area contributed by atoms with Crippen molar-refractivity contribution < 1.29 is 13.2 Å². The highest BCUT2D eigenvalue weighted by atomic mass is 32.2. The van der Waals surface area contributed by atoms with Gasteiger partial charge in [-0.3, -0.25) is 4.79 Å². The first kappa shape index (κ1) is 26.6. The van der Waals surface area contributed by atoms with Crippen molar-refractivity contribution in [3.05, 3.63) is 101 Å². The van der Waals surface area contributed by atoms with Crippen LogP contribution in [0.5, 0.6) is 0 Å². The molecule has 0 radical (unpaired) electrons. The summed E-state index contributed by atoms with van der Waals surface area (Å²) in [5.41, 5.74) is 4.71. The number of aryl methyl sites for hydroxylation is 2. The first-order chi connectivity index (χ1) is 18.4. The molecule has 2 aliphatic rings. The van der Waals surface area contributed by atoms with Crippen LogP contribution in [-0.2, 0) is 27.8 Å². The minimum atomic E-state index is -3.66. The molecule has 5 rings (SSSR count). The van der Waals surface area contributed by atoms with E-state index in [2.05, 4.69) is 48.6 Å². The number of carbonyl (C=O) groups excluding carboxylic acids is 1. The molecule has 0 heterocycles. The molecule has 3 aromatic carbocycles. The van der Waals surface area contributed by atoms with E-state index in [4.69, 9.17) is 0 Å². The standard InChI is InChI=1S/C32H38N2O3S/c1-24-14-16-25(17-15-24)22-33-32(35)28-20-18-26(19-21-28)23-34(38(36,37)29-10-3-2-4-11-29)31-13-7-9-27-8-5-6-12-30(27)31/h2-6,8,10-12,14-17,26,28,31H,7,9,13,18-23H2,1H3,(H,33,35)/t26?,28?,31-/m1/s1. The van der Waals surface area contributed by atoms with Crippen LogP contribution in [0.2, 0.25) is 0 Å². The number of fused-ring (bicyclic) bond motifs is 1. The lowest BCUT2D eigenvalue weighted by molar-refractivity contribution is -0.126. The van der Waals surface area contributed by atoms with Gasteiger partial charge in [-0.25, -0.2) is 8.42 Å². The normalized spacial score (nSPS) is 21.6. The molecule has 200 valence electrons. The van der Waals surface area contributed by atoms with Crippen molar-refractivity contribution in [2.24, 2.45) is 11.8 Å². The minimum Gasteiger partial charge on any atom is -0.352 e. The van der Waals surface area contributed by atoms with Gasteiger partial charge in [-0.15, -0.1) is 0 Å². The van der Waals surface area contributed by atoms with Crippen LogP contribution in [0.4, 0.5) is 0 Å². The summed E-state index contributed by atoms with van der Waals surface area (Å²) in [6.07, 6.45) is 6.12. The van der Waals surface area contributed by atoms with E-state index in [1.807, 2.05) is 18.2 Å². The van der Waals surface area contributed by atoms with Gasteiger partial charge in [0.1, 0.15) is 0 Å².